The van der Waals surface area contributed by atoms with E-state index in [1.807, 2.05) is 24.6 Å². The van der Waals surface area contributed by atoms with Crippen LogP contribution in [0, 0.1) is 19.7 Å². The highest BCUT2D eigenvalue weighted by molar-refractivity contribution is 7.99. The summed E-state index contributed by atoms with van der Waals surface area (Å²) in [6, 6.07) is 22.2. The minimum absolute atomic E-state index is 0.0528. The van der Waals surface area contributed by atoms with Crippen LogP contribution >= 0.6 is 11.8 Å². The van der Waals surface area contributed by atoms with Gasteiger partial charge in [0, 0.05) is 29.8 Å². The minimum Gasteiger partial charge on any atom is -0.372 e. The fourth-order valence-electron chi connectivity index (χ4n) is 4.30. The maximum atomic E-state index is 13.2. The quantitative estimate of drug-likeness (QED) is 0.0959. The van der Waals surface area contributed by atoms with Crippen LogP contribution in [0.2, 0.25) is 0 Å². The number of benzene rings is 4. The molecule has 42 heavy (non-hydrogen) atoms. The van der Waals surface area contributed by atoms with E-state index < -0.39 is 15.9 Å². The van der Waals surface area contributed by atoms with E-state index >= 15 is 0 Å². The number of aryl methyl sites for hydroxylation is 2. The van der Waals surface area contributed by atoms with Crippen LogP contribution in [0.3, 0.4) is 0 Å². The van der Waals surface area contributed by atoms with Crippen molar-refractivity contribution in [3.63, 3.8) is 0 Å². The normalized spacial score (nSPS) is 11.2. The number of rotatable bonds is 11. The van der Waals surface area contributed by atoms with Gasteiger partial charge in [0.25, 0.3) is 15.9 Å². The number of sulfonamides is 1. The first-order chi connectivity index (χ1) is 20.0. The van der Waals surface area contributed by atoms with Crippen molar-refractivity contribution in [1.29, 1.82) is 0 Å². The first-order valence-electron chi connectivity index (χ1n) is 12.9. The summed E-state index contributed by atoms with van der Waals surface area (Å²) in [4.78, 5) is 26.9. The van der Waals surface area contributed by atoms with Crippen molar-refractivity contribution in [2.45, 2.75) is 23.6 Å². The highest BCUT2D eigenvalue weighted by atomic mass is 32.2. The van der Waals surface area contributed by atoms with Crippen LogP contribution in [0.4, 0.5) is 15.8 Å². The molecule has 2 amide bonds. The van der Waals surface area contributed by atoms with E-state index in [1.165, 1.54) is 47.5 Å². The minimum atomic E-state index is -4.36. The lowest BCUT2D eigenvalue weighted by atomic mass is 10.0. The summed E-state index contributed by atoms with van der Waals surface area (Å²) >= 11 is 1.67. The van der Waals surface area contributed by atoms with Crippen LogP contribution in [0.15, 0.2) is 94.7 Å². The van der Waals surface area contributed by atoms with Crippen LogP contribution in [0.1, 0.15) is 21.5 Å². The Bertz CT molecular complexity index is 1700. The van der Waals surface area contributed by atoms with Gasteiger partial charge in [-0.05, 0) is 79.1 Å². The molecule has 2 N–H and O–H groups in total. The Labute approximate surface area is 248 Å². The first kappa shape index (κ1) is 30.8. The van der Waals surface area contributed by atoms with Crippen LogP contribution in [-0.2, 0) is 14.8 Å². The molecule has 4 rings (SSSR count). The lowest BCUT2D eigenvalue weighted by Gasteiger charge is -2.24. The van der Waals surface area contributed by atoms with E-state index in [2.05, 4.69) is 12.1 Å². The zero-order valence-electron chi connectivity index (χ0n) is 23.2. The van der Waals surface area contributed by atoms with Crippen molar-refractivity contribution in [3.05, 3.63) is 107 Å². The number of hydroxylamine groups is 1. The van der Waals surface area contributed by atoms with Gasteiger partial charge in [0.05, 0.1) is 16.3 Å². The predicted molar refractivity (Wildman–Crippen MR) is 163 cm³/mol. The molecule has 0 aromatic heterocycles. The average Bonchev–Trinajstić information content (AvgIpc) is 2.97. The summed E-state index contributed by atoms with van der Waals surface area (Å²) in [7, 11) is -2.59. The lowest BCUT2D eigenvalue weighted by Crippen LogP contribution is -2.31. The number of carbonyl (C=O) groups excluding carboxylic acids is 2. The third kappa shape index (κ3) is 7.35. The molecule has 0 fully saturated rings. The van der Waals surface area contributed by atoms with E-state index in [0.717, 1.165) is 22.1 Å². The fraction of sp³-hybridized carbons (Fsp3) is 0.161. The number of carbonyl (C=O) groups is 2. The van der Waals surface area contributed by atoms with Crippen molar-refractivity contribution in [2.24, 2.45) is 0 Å². The predicted octanol–water partition coefficient (Wildman–Crippen LogP) is 5.81. The first-order valence-corrected chi connectivity index (χ1v) is 15.4. The zero-order chi connectivity index (χ0) is 30.4. The Hall–Kier alpha value is -4.19. The molecule has 4 aromatic rings. The molecule has 0 atom stereocenters. The fourth-order valence-corrected chi connectivity index (χ4v) is 6.33. The Balaban J connectivity index is 1.48. The molecule has 218 valence electrons. The van der Waals surface area contributed by atoms with Crippen LogP contribution in [-0.4, -0.2) is 45.3 Å². The molecule has 0 bridgehead atoms. The number of halogens is 1. The summed E-state index contributed by atoms with van der Waals surface area (Å²) in [5.74, 6) is -0.530. The van der Waals surface area contributed by atoms with Gasteiger partial charge >= 0.3 is 0 Å². The van der Waals surface area contributed by atoms with Gasteiger partial charge in [-0.3, -0.25) is 14.8 Å². The van der Waals surface area contributed by atoms with Gasteiger partial charge in [-0.25, -0.2) is 17.5 Å². The standard InChI is InChI=1S/C31H30FN3O5S2/c1-21-4-15-30(22(2)18-21)41-17-16-34(3)28-14-13-27(19-29(28)35(38)20-36)42(39,40)33-31(37)25-7-5-23(6-8-25)24-9-11-26(32)12-10-24/h4-15,18-20,38H,16-17H2,1-3H3,(H,33,37). The molecule has 0 saturated heterocycles. The molecular weight excluding hydrogens is 577 g/mol. The number of hydrogen-bond acceptors (Lipinski definition) is 7. The molecule has 0 radical (unpaired) electrons. The lowest BCUT2D eigenvalue weighted by molar-refractivity contribution is -0.111. The molecule has 0 unspecified atom stereocenters. The number of nitrogens with one attached hydrogen (secondary N) is 1. The second kappa shape index (κ2) is 13.2. The van der Waals surface area contributed by atoms with Gasteiger partial charge in [-0.2, -0.15) is 5.06 Å². The van der Waals surface area contributed by atoms with Gasteiger partial charge in [0.1, 0.15) is 5.82 Å². The topological polar surface area (TPSA) is 107 Å². The summed E-state index contributed by atoms with van der Waals surface area (Å²) in [5.41, 5.74) is 4.28. The highest BCUT2D eigenvalue weighted by Gasteiger charge is 2.23. The van der Waals surface area contributed by atoms with Crippen molar-refractivity contribution in [2.75, 3.05) is 29.3 Å². The molecule has 0 heterocycles. The van der Waals surface area contributed by atoms with Crippen molar-refractivity contribution in [1.82, 2.24) is 4.72 Å². The van der Waals surface area contributed by atoms with Gasteiger partial charge in [-0.1, -0.05) is 42.0 Å². The van der Waals surface area contributed by atoms with Gasteiger partial charge in [0.15, 0.2) is 0 Å². The molecule has 0 saturated carbocycles. The molecular formula is C31H30FN3O5S2. The molecule has 0 aliphatic rings. The van der Waals surface area contributed by atoms with E-state index in [0.29, 0.717) is 23.0 Å². The molecule has 0 aliphatic carbocycles. The second-order valence-electron chi connectivity index (χ2n) is 9.66. The number of anilines is 2. The van der Waals surface area contributed by atoms with Crippen molar-refractivity contribution in [3.8, 4) is 11.1 Å². The maximum absolute atomic E-state index is 13.2. The maximum Gasteiger partial charge on any atom is 0.264 e. The number of nitrogens with zero attached hydrogens (tertiary/aromatic N) is 2. The van der Waals surface area contributed by atoms with E-state index in [9.17, 15) is 27.6 Å². The highest BCUT2D eigenvalue weighted by Crippen LogP contribution is 2.31. The largest absolute Gasteiger partial charge is 0.372 e. The molecule has 0 aliphatic heterocycles. The molecule has 0 spiro atoms. The van der Waals surface area contributed by atoms with Gasteiger partial charge in [-0.15, -0.1) is 11.8 Å². The van der Waals surface area contributed by atoms with Crippen LogP contribution < -0.4 is 14.7 Å². The molecule has 8 nitrogen and oxygen atoms in total. The van der Waals surface area contributed by atoms with Crippen LogP contribution in [0.25, 0.3) is 11.1 Å². The van der Waals surface area contributed by atoms with Crippen molar-refractivity contribution < 1.29 is 27.6 Å². The molecule has 11 heteroatoms. The van der Waals surface area contributed by atoms with Gasteiger partial charge in [0.2, 0.25) is 6.41 Å². The van der Waals surface area contributed by atoms with E-state index in [-0.39, 0.29) is 28.4 Å². The molecule has 4 aromatic carbocycles. The Morgan fingerprint density at radius 1 is 0.929 bits per heavy atom. The monoisotopic (exact) mass is 607 g/mol. The SMILES string of the molecule is Cc1ccc(SCCN(C)c2ccc(S(=O)(=O)NC(=O)c3ccc(-c4ccc(F)cc4)cc3)cc2N(O)C=O)c(C)c1. The Morgan fingerprint density at radius 2 is 1.57 bits per heavy atom. The summed E-state index contributed by atoms with van der Waals surface area (Å²) in [6.07, 6.45) is 0.161. The zero-order valence-corrected chi connectivity index (χ0v) is 24.9. The van der Waals surface area contributed by atoms with E-state index in [1.54, 1.807) is 48.0 Å². The average molecular weight is 608 g/mol. The summed E-state index contributed by atoms with van der Waals surface area (Å²) < 4.78 is 41.4. The summed E-state index contributed by atoms with van der Waals surface area (Å²) in [6.45, 7) is 4.62. The second-order valence-corrected chi connectivity index (χ2v) is 12.5. The Kier molecular flexibility index (Phi) is 9.66. The smallest absolute Gasteiger partial charge is 0.264 e. The number of thioether (sulfide) groups is 1. The third-order valence-electron chi connectivity index (χ3n) is 6.58. The third-order valence-corrected chi connectivity index (χ3v) is 9.07. The van der Waals surface area contributed by atoms with Crippen LogP contribution in [0.5, 0.6) is 0 Å². The Morgan fingerprint density at radius 3 is 2.19 bits per heavy atom. The number of amides is 2. The van der Waals surface area contributed by atoms with E-state index in [4.69, 9.17) is 0 Å². The number of hydrogen-bond donors (Lipinski definition) is 2. The van der Waals surface area contributed by atoms with Crippen molar-refractivity contribution >= 4 is 45.5 Å². The van der Waals surface area contributed by atoms with Gasteiger partial charge < -0.3 is 4.90 Å². The summed E-state index contributed by atoms with van der Waals surface area (Å²) in [5, 5.41) is 10.5.